The molecule has 0 radical (unpaired) electrons. The van der Waals surface area contributed by atoms with E-state index in [4.69, 9.17) is 4.74 Å². The molecule has 2 atom stereocenters. The molecule has 1 fully saturated rings. The van der Waals surface area contributed by atoms with Crippen molar-refractivity contribution in [3.05, 3.63) is 30.1 Å². The molecule has 0 unspecified atom stereocenters. The van der Waals surface area contributed by atoms with Gasteiger partial charge in [0.25, 0.3) is 0 Å². The summed E-state index contributed by atoms with van der Waals surface area (Å²) in [7, 11) is 0. The lowest BCUT2D eigenvalue weighted by Crippen LogP contribution is -2.53. The Morgan fingerprint density at radius 2 is 2.12 bits per heavy atom. The smallest absolute Gasteiger partial charge is 0.407 e. The monoisotopic (exact) mass is 348 g/mol. The molecule has 0 aliphatic carbocycles. The molecule has 138 valence electrons. The largest absolute Gasteiger partial charge is 0.444 e. The molecule has 1 aliphatic rings. The van der Waals surface area contributed by atoms with Crippen LogP contribution in [0, 0.1) is 0 Å². The number of urea groups is 1. The van der Waals surface area contributed by atoms with Gasteiger partial charge in [0.05, 0.1) is 11.7 Å². The van der Waals surface area contributed by atoms with E-state index in [2.05, 4.69) is 15.6 Å². The Morgan fingerprint density at radius 3 is 2.76 bits per heavy atom. The molecule has 7 nitrogen and oxygen atoms in total. The summed E-state index contributed by atoms with van der Waals surface area (Å²) < 4.78 is 5.28. The van der Waals surface area contributed by atoms with Crippen LogP contribution in [0.5, 0.6) is 0 Å². The highest BCUT2D eigenvalue weighted by Crippen LogP contribution is 2.14. The SMILES string of the molecule is C[C@H](NC(=O)N1CCC[C@H](NC(=O)OC(C)(C)C)C1)c1ccccn1. The Labute approximate surface area is 149 Å². The van der Waals surface area contributed by atoms with Gasteiger partial charge in [0.2, 0.25) is 0 Å². The van der Waals surface area contributed by atoms with Crippen LogP contribution in [0.3, 0.4) is 0 Å². The van der Waals surface area contributed by atoms with Gasteiger partial charge in [0.15, 0.2) is 0 Å². The van der Waals surface area contributed by atoms with Crippen molar-refractivity contribution >= 4 is 12.1 Å². The number of carbonyl (C=O) groups excluding carboxylic acids is 2. The van der Waals surface area contributed by atoms with Crippen molar-refractivity contribution in [2.75, 3.05) is 13.1 Å². The summed E-state index contributed by atoms with van der Waals surface area (Å²) in [5.41, 5.74) is 0.282. The van der Waals surface area contributed by atoms with Crippen molar-refractivity contribution in [1.82, 2.24) is 20.5 Å². The second-order valence-electron chi connectivity index (χ2n) is 7.36. The average Bonchev–Trinajstić information content (AvgIpc) is 2.54. The Balaban J connectivity index is 1.85. The predicted octanol–water partition coefficient (Wildman–Crippen LogP) is 2.84. The normalized spacial score (nSPS) is 19.0. The second kappa shape index (κ2) is 8.18. The maximum atomic E-state index is 12.5. The summed E-state index contributed by atoms with van der Waals surface area (Å²) in [6.07, 6.45) is 2.94. The minimum atomic E-state index is -0.534. The molecule has 1 aliphatic heterocycles. The fraction of sp³-hybridized carbons (Fsp3) is 0.611. The first-order valence-electron chi connectivity index (χ1n) is 8.70. The van der Waals surface area contributed by atoms with Crippen LogP contribution in [0.25, 0.3) is 0 Å². The number of hydrogen-bond acceptors (Lipinski definition) is 4. The summed E-state index contributed by atoms with van der Waals surface area (Å²) in [5.74, 6) is 0. The predicted molar refractivity (Wildman–Crippen MR) is 95.1 cm³/mol. The number of rotatable bonds is 3. The lowest BCUT2D eigenvalue weighted by atomic mass is 10.1. The van der Waals surface area contributed by atoms with Crippen molar-refractivity contribution in [3.8, 4) is 0 Å². The van der Waals surface area contributed by atoms with Crippen molar-refractivity contribution in [1.29, 1.82) is 0 Å². The van der Waals surface area contributed by atoms with Crippen molar-refractivity contribution in [2.24, 2.45) is 0 Å². The van der Waals surface area contributed by atoms with Crippen LogP contribution in [-0.2, 0) is 4.74 Å². The zero-order valence-electron chi connectivity index (χ0n) is 15.4. The van der Waals surface area contributed by atoms with Gasteiger partial charge in [-0.25, -0.2) is 9.59 Å². The Morgan fingerprint density at radius 1 is 1.36 bits per heavy atom. The first-order valence-corrected chi connectivity index (χ1v) is 8.70. The molecule has 0 saturated carbocycles. The van der Waals surface area contributed by atoms with Crippen molar-refractivity contribution in [2.45, 2.75) is 58.2 Å². The van der Waals surface area contributed by atoms with Gasteiger partial charge >= 0.3 is 12.1 Å². The summed E-state index contributed by atoms with van der Waals surface area (Å²) in [5, 5.41) is 5.81. The van der Waals surface area contributed by atoms with E-state index < -0.39 is 11.7 Å². The van der Waals surface area contributed by atoms with E-state index in [1.807, 2.05) is 45.9 Å². The van der Waals surface area contributed by atoms with Gasteiger partial charge in [-0.2, -0.15) is 0 Å². The van der Waals surface area contributed by atoms with E-state index in [0.717, 1.165) is 18.5 Å². The summed E-state index contributed by atoms with van der Waals surface area (Å²) >= 11 is 0. The standard InChI is InChI=1S/C18H28N4O3/c1-13(15-9-5-6-10-19-15)20-16(23)22-11-7-8-14(12-22)21-17(24)25-18(2,3)4/h5-6,9-10,13-14H,7-8,11-12H2,1-4H3,(H,20,23)(H,21,24)/t13-,14-/m0/s1. The molecule has 3 amide bonds. The molecule has 2 rings (SSSR count). The van der Waals surface area contributed by atoms with Gasteiger partial charge in [0, 0.05) is 25.3 Å². The molecule has 0 aromatic carbocycles. The summed E-state index contributed by atoms with van der Waals surface area (Å²) in [6.45, 7) is 8.53. The number of nitrogens with one attached hydrogen (secondary N) is 2. The molecule has 2 heterocycles. The second-order valence-corrected chi connectivity index (χ2v) is 7.36. The van der Waals surface area contributed by atoms with Gasteiger partial charge in [-0.05, 0) is 52.7 Å². The first kappa shape index (κ1) is 19.0. The number of alkyl carbamates (subject to hydrolysis) is 1. The van der Waals surface area contributed by atoms with E-state index in [1.54, 1.807) is 11.1 Å². The highest BCUT2D eigenvalue weighted by atomic mass is 16.6. The number of aromatic nitrogens is 1. The summed E-state index contributed by atoms with van der Waals surface area (Å²) in [4.78, 5) is 30.4. The number of ether oxygens (including phenoxy) is 1. The van der Waals surface area contributed by atoms with Crippen LogP contribution >= 0.6 is 0 Å². The van der Waals surface area contributed by atoms with E-state index in [0.29, 0.717) is 13.1 Å². The van der Waals surface area contributed by atoms with E-state index in [1.165, 1.54) is 0 Å². The molecule has 25 heavy (non-hydrogen) atoms. The van der Waals surface area contributed by atoms with Gasteiger partial charge in [-0.15, -0.1) is 0 Å². The third-order valence-electron chi connectivity index (χ3n) is 3.90. The third-order valence-corrected chi connectivity index (χ3v) is 3.90. The van der Waals surface area contributed by atoms with Gasteiger partial charge < -0.3 is 20.3 Å². The molecule has 0 spiro atoms. The van der Waals surface area contributed by atoms with Crippen LogP contribution in [-0.4, -0.2) is 46.7 Å². The first-order chi connectivity index (χ1) is 11.7. The number of nitrogens with zero attached hydrogens (tertiary/aromatic N) is 2. The van der Waals surface area contributed by atoms with Crippen molar-refractivity contribution < 1.29 is 14.3 Å². The molecular formula is C18H28N4O3. The highest BCUT2D eigenvalue weighted by molar-refractivity contribution is 5.75. The van der Waals surface area contributed by atoms with Gasteiger partial charge in [0.1, 0.15) is 5.60 Å². The van der Waals surface area contributed by atoms with Crippen LogP contribution in [0.1, 0.15) is 52.3 Å². The van der Waals surface area contributed by atoms with Gasteiger partial charge in [-0.1, -0.05) is 6.07 Å². The molecular weight excluding hydrogens is 320 g/mol. The topological polar surface area (TPSA) is 83.6 Å². The fourth-order valence-corrected chi connectivity index (χ4v) is 2.74. The third kappa shape index (κ3) is 6.25. The number of hydrogen-bond donors (Lipinski definition) is 2. The maximum absolute atomic E-state index is 12.5. The van der Waals surface area contributed by atoms with E-state index >= 15 is 0 Å². The minimum absolute atomic E-state index is 0.0977. The molecule has 7 heteroatoms. The number of carbonyl (C=O) groups is 2. The average molecular weight is 348 g/mol. The quantitative estimate of drug-likeness (QED) is 0.880. The highest BCUT2D eigenvalue weighted by Gasteiger charge is 2.27. The lowest BCUT2D eigenvalue weighted by molar-refractivity contribution is 0.0479. The molecule has 1 saturated heterocycles. The molecule has 1 aromatic heterocycles. The Bertz CT molecular complexity index is 586. The van der Waals surface area contributed by atoms with Crippen LogP contribution < -0.4 is 10.6 Å². The van der Waals surface area contributed by atoms with Crippen molar-refractivity contribution in [3.63, 3.8) is 0 Å². The van der Waals surface area contributed by atoms with Crippen LogP contribution in [0.2, 0.25) is 0 Å². The summed E-state index contributed by atoms with van der Waals surface area (Å²) in [6, 6.07) is 5.21. The zero-order chi connectivity index (χ0) is 18.4. The minimum Gasteiger partial charge on any atom is -0.444 e. The molecule has 1 aromatic rings. The van der Waals surface area contributed by atoms with Gasteiger partial charge in [-0.3, -0.25) is 4.98 Å². The Hall–Kier alpha value is -2.31. The fourth-order valence-electron chi connectivity index (χ4n) is 2.74. The molecule has 0 bridgehead atoms. The lowest BCUT2D eigenvalue weighted by Gasteiger charge is -2.34. The van der Waals surface area contributed by atoms with Crippen LogP contribution in [0.4, 0.5) is 9.59 Å². The number of piperidine rings is 1. The zero-order valence-corrected chi connectivity index (χ0v) is 15.4. The van der Waals surface area contributed by atoms with Crippen LogP contribution in [0.15, 0.2) is 24.4 Å². The van der Waals surface area contributed by atoms with E-state index in [9.17, 15) is 9.59 Å². The number of pyridine rings is 1. The maximum Gasteiger partial charge on any atom is 0.407 e. The number of likely N-dealkylation sites (tertiary alicyclic amines) is 1. The Kier molecular flexibility index (Phi) is 6.22. The molecule has 2 N–H and O–H groups in total. The van der Waals surface area contributed by atoms with E-state index in [-0.39, 0.29) is 18.1 Å². The number of amides is 3.